The summed E-state index contributed by atoms with van der Waals surface area (Å²) in [5, 5.41) is 11.4. The number of aliphatic hydroxyl groups excluding tert-OH is 1. The van der Waals surface area contributed by atoms with Crippen LogP contribution in [0.1, 0.15) is 61.9 Å². The van der Waals surface area contributed by atoms with E-state index in [0.717, 1.165) is 16.7 Å². The average Bonchev–Trinajstić information content (AvgIpc) is 3.10. The summed E-state index contributed by atoms with van der Waals surface area (Å²) < 4.78 is 5.81. The Morgan fingerprint density at radius 3 is 2.14 bits per heavy atom. The monoisotopic (exact) mass is 469 g/mol. The molecule has 1 aliphatic rings. The van der Waals surface area contributed by atoms with Crippen LogP contribution in [0.2, 0.25) is 0 Å². The Balaban J connectivity index is 1.85. The predicted molar refractivity (Wildman–Crippen MR) is 139 cm³/mol. The predicted octanol–water partition coefficient (Wildman–Crippen LogP) is 6.53. The number of aliphatic hydroxyl groups is 1. The summed E-state index contributed by atoms with van der Waals surface area (Å²) in [5.74, 6) is -0.506. The lowest BCUT2D eigenvalue weighted by Crippen LogP contribution is -2.29. The van der Waals surface area contributed by atoms with Gasteiger partial charge in [-0.25, -0.2) is 0 Å². The van der Waals surface area contributed by atoms with Crippen molar-refractivity contribution in [3.8, 4) is 5.75 Å². The molecule has 3 aromatic rings. The van der Waals surface area contributed by atoms with Gasteiger partial charge in [0.1, 0.15) is 11.5 Å². The van der Waals surface area contributed by atoms with Crippen LogP contribution in [-0.2, 0) is 9.59 Å². The fourth-order valence-electron chi connectivity index (χ4n) is 4.41. The van der Waals surface area contributed by atoms with Crippen LogP contribution in [0.4, 0.5) is 5.69 Å². The first-order chi connectivity index (χ1) is 16.7. The van der Waals surface area contributed by atoms with Crippen molar-refractivity contribution in [2.45, 2.75) is 52.7 Å². The second kappa shape index (κ2) is 9.79. The van der Waals surface area contributed by atoms with Crippen molar-refractivity contribution in [2.24, 2.45) is 0 Å². The molecule has 0 aromatic heterocycles. The van der Waals surface area contributed by atoms with E-state index in [4.69, 9.17) is 4.74 Å². The Hall–Kier alpha value is -3.86. The third-order valence-electron chi connectivity index (χ3n) is 6.21. The van der Waals surface area contributed by atoms with E-state index < -0.39 is 17.7 Å². The van der Waals surface area contributed by atoms with Gasteiger partial charge in [0.15, 0.2) is 0 Å². The highest BCUT2D eigenvalue weighted by Crippen LogP contribution is 2.42. The van der Waals surface area contributed by atoms with E-state index >= 15 is 0 Å². The number of carbonyl (C=O) groups is 2. The molecule has 35 heavy (non-hydrogen) atoms. The average molecular weight is 470 g/mol. The van der Waals surface area contributed by atoms with Crippen molar-refractivity contribution in [2.75, 3.05) is 4.90 Å². The lowest BCUT2D eigenvalue weighted by atomic mass is 9.94. The number of carbonyl (C=O) groups excluding carboxylic acids is 2. The van der Waals surface area contributed by atoms with Crippen molar-refractivity contribution in [3.05, 3.63) is 101 Å². The van der Waals surface area contributed by atoms with Gasteiger partial charge < -0.3 is 9.84 Å². The Bertz CT molecular complexity index is 1270. The zero-order valence-corrected chi connectivity index (χ0v) is 20.8. The first-order valence-electron chi connectivity index (χ1n) is 11.9. The van der Waals surface area contributed by atoms with Crippen LogP contribution >= 0.6 is 0 Å². The number of benzene rings is 3. The van der Waals surface area contributed by atoms with Crippen LogP contribution in [0.3, 0.4) is 0 Å². The number of Topliss-reactive ketones (excluding diaryl/α,β-unsaturated/α-hetero) is 1. The molecule has 5 heteroatoms. The maximum absolute atomic E-state index is 13.3. The van der Waals surface area contributed by atoms with E-state index in [9.17, 15) is 14.7 Å². The number of amides is 1. The molecular weight excluding hydrogens is 438 g/mol. The molecule has 1 heterocycles. The summed E-state index contributed by atoms with van der Waals surface area (Å²) in [6, 6.07) is 21.5. The summed E-state index contributed by atoms with van der Waals surface area (Å²) in [6.45, 7) is 9.98. The van der Waals surface area contributed by atoms with E-state index in [0.29, 0.717) is 22.9 Å². The minimum atomic E-state index is -0.743. The van der Waals surface area contributed by atoms with Crippen molar-refractivity contribution in [3.63, 3.8) is 0 Å². The molecule has 1 atom stereocenters. The summed E-state index contributed by atoms with van der Waals surface area (Å²) in [6.07, 6.45) is 0.0126. The minimum Gasteiger partial charge on any atom is -0.507 e. The van der Waals surface area contributed by atoms with Crippen molar-refractivity contribution in [1.82, 2.24) is 0 Å². The first-order valence-corrected chi connectivity index (χ1v) is 11.9. The van der Waals surface area contributed by atoms with Gasteiger partial charge in [0, 0.05) is 11.3 Å². The van der Waals surface area contributed by atoms with Gasteiger partial charge >= 0.3 is 0 Å². The SMILES string of the molecule is Cc1cc(/C(O)=C2/C(=O)C(=O)N(c3ccc(C(C)C)cc3)C2c2ccccc2)ccc1OC(C)C. The largest absolute Gasteiger partial charge is 0.507 e. The van der Waals surface area contributed by atoms with Gasteiger partial charge in [-0.1, -0.05) is 56.3 Å². The number of ether oxygens (including phenoxy) is 1. The van der Waals surface area contributed by atoms with Crippen LogP contribution in [0, 0.1) is 6.92 Å². The van der Waals surface area contributed by atoms with Gasteiger partial charge in [-0.2, -0.15) is 0 Å². The molecule has 1 unspecified atom stereocenters. The summed E-state index contributed by atoms with van der Waals surface area (Å²) in [7, 11) is 0. The van der Waals surface area contributed by atoms with Crippen LogP contribution in [0.15, 0.2) is 78.4 Å². The molecule has 1 amide bonds. The Labute approximate surface area is 206 Å². The zero-order chi connectivity index (χ0) is 25.3. The number of anilines is 1. The Morgan fingerprint density at radius 2 is 1.57 bits per heavy atom. The summed E-state index contributed by atoms with van der Waals surface area (Å²) >= 11 is 0. The lowest BCUT2D eigenvalue weighted by molar-refractivity contribution is -0.132. The van der Waals surface area contributed by atoms with Crippen LogP contribution < -0.4 is 9.64 Å². The molecule has 0 saturated carbocycles. The maximum atomic E-state index is 13.3. The van der Waals surface area contributed by atoms with E-state index in [1.807, 2.05) is 75.4 Å². The number of ketones is 1. The van der Waals surface area contributed by atoms with Crippen LogP contribution in [0.25, 0.3) is 5.76 Å². The topological polar surface area (TPSA) is 66.8 Å². The molecule has 1 fully saturated rings. The van der Waals surface area contributed by atoms with Crippen LogP contribution in [-0.4, -0.2) is 22.9 Å². The highest BCUT2D eigenvalue weighted by atomic mass is 16.5. The molecule has 0 aliphatic carbocycles. The van der Waals surface area contributed by atoms with E-state index in [1.54, 1.807) is 18.2 Å². The third-order valence-corrected chi connectivity index (χ3v) is 6.21. The molecule has 180 valence electrons. The van der Waals surface area contributed by atoms with Crippen LogP contribution in [0.5, 0.6) is 5.75 Å². The molecule has 0 radical (unpaired) electrons. The van der Waals surface area contributed by atoms with Gasteiger partial charge in [-0.15, -0.1) is 0 Å². The number of nitrogens with zero attached hydrogens (tertiary/aromatic N) is 1. The zero-order valence-electron chi connectivity index (χ0n) is 20.8. The minimum absolute atomic E-state index is 0.0126. The van der Waals surface area contributed by atoms with Gasteiger partial charge in [0.2, 0.25) is 0 Å². The molecule has 0 bridgehead atoms. The number of aryl methyl sites for hydroxylation is 1. The molecule has 1 N–H and O–H groups in total. The smallest absolute Gasteiger partial charge is 0.300 e. The fraction of sp³-hybridized carbons (Fsp3) is 0.267. The van der Waals surface area contributed by atoms with Gasteiger partial charge in [0.05, 0.1) is 17.7 Å². The van der Waals surface area contributed by atoms with Gasteiger partial charge in [0.25, 0.3) is 11.7 Å². The number of rotatable bonds is 6. The fourth-order valence-corrected chi connectivity index (χ4v) is 4.41. The second-order valence-electron chi connectivity index (χ2n) is 9.47. The van der Waals surface area contributed by atoms with Gasteiger partial charge in [-0.3, -0.25) is 14.5 Å². The highest BCUT2D eigenvalue weighted by molar-refractivity contribution is 6.51. The third kappa shape index (κ3) is 4.72. The summed E-state index contributed by atoms with van der Waals surface area (Å²) in [5.41, 5.74) is 3.87. The van der Waals surface area contributed by atoms with Crippen molar-refractivity contribution < 1.29 is 19.4 Å². The molecule has 0 spiro atoms. The summed E-state index contributed by atoms with van der Waals surface area (Å²) in [4.78, 5) is 28.1. The van der Waals surface area contributed by atoms with Crippen molar-refractivity contribution >= 4 is 23.1 Å². The van der Waals surface area contributed by atoms with E-state index in [1.165, 1.54) is 4.90 Å². The van der Waals surface area contributed by atoms with E-state index in [2.05, 4.69) is 13.8 Å². The van der Waals surface area contributed by atoms with E-state index in [-0.39, 0.29) is 17.4 Å². The normalized spacial score (nSPS) is 17.5. The second-order valence-corrected chi connectivity index (χ2v) is 9.47. The molecule has 4 rings (SSSR count). The molecule has 5 nitrogen and oxygen atoms in total. The standard InChI is InChI=1S/C30H31NO4/c1-18(2)21-11-14-24(15-12-21)31-27(22-9-7-6-8-10-22)26(29(33)30(31)34)28(32)23-13-16-25(20(5)17-23)35-19(3)4/h6-19,27,32H,1-5H3/b28-26-. The Kier molecular flexibility index (Phi) is 6.79. The molecule has 1 aliphatic heterocycles. The molecule has 1 saturated heterocycles. The first kappa shape index (κ1) is 24.3. The number of hydrogen-bond acceptors (Lipinski definition) is 4. The molecular formula is C30H31NO4. The number of hydrogen-bond donors (Lipinski definition) is 1. The maximum Gasteiger partial charge on any atom is 0.300 e. The van der Waals surface area contributed by atoms with Crippen molar-refractivity contribution in [1.29, 1.82) is 0 Å². The quantitative estimate of drug-likeness (QED) is 0.253. The lowest BCUT2D eigenvalue weighted by Gasteiger charge is -2.26. The van der Waals surface area contributed by atoms with Gasteiger partial charge in [-0.05, 0) is 73.7 Å². The Morgan fingerprint density at radius 1 is 0.914 bits per heavy atom. The molecule has 3 aromatic carbocycles. The highest BCUT2D eigenvalue weighted by Gasteiger charge is 2.46.